The summed E-state index contributed by atoms with van der Waals surface area (Å²) in [6.07, 6.45) is 48.7. The lowest BCUT2D eigenvalue weighted by atomic mass is 9.84. The minimum atomic E-state index is -5.19. The fourth-order valence-corrected chi connectivity index (χ4v) is 12.9. The summed E-state index contributed by atoms with van der Waals surface area (Å²) in [5, 5.41) is 8.78. The summed E-state index contributed by atoms with van der Waals surface area (Å²) in [6.45, 7) is 26.0. The third-order valence-corrected chi connectivity index (χ3v) is 19.6. The van der Waals surface area contributed by atoms with Gasteiger partial charge in [-0.25, -0.2) is 0 Å². The molecule has 0 aliphatic heterocycles. The van der Waals surface area contributed by atoms with Crippen molar-refractivity contribution in [1.29, 1.82) is 0 Å². The maximum atomic E-state index is 10.5. The lowest BCUT2D eigenvalue weighted by molar-refractivity contribution is -0.344. The number of carbonyl (C=O) groups excluding carboxylic acids is 1. The quantitative estimate of drug-likeness (QED) is 0.0157. The van der Waals surface area contributed by atoms with Crippen molar-refractivity contribution in [1.82, 2.24) is 0 Å². The third kappa shape index (κ3) is 39.2. The summed E-state index contributed by atoms with van der Waals surface area (Å²) < 4.78 is 91.1. The molecule has 0 amide bonds. The molecule has 624 valence electrons. The third-order valence-electron chi connectivity index (χ3n) is 19.6. The van der Waals surface area contributed by atoms with E-state index < -0.39 is 12.1 Å². The number of benzene rings is 6. The lowest BCUT2D eigenvalue weighted by Crippen LogP contribution is -2.37. The highest BCUT2D eigenvalue weighted by Gasteiger charge is 2.29. The first-order valence-electron chi connectivity index (χ1n) is 43.9. The van der Waals surface area contributed by atoms with E-state index in [9.17, 15) is 13.2 Å². The molecule has 0 saturated carbocycles. The van der Waals surface area contributed by atoms with Crippen molar-refractivity contribution in [3.05, 3.63) is 165 Å². The van der Waals surface area contributed by atoms with Crippen LogP contribution < -0.4 is 47.7 Å². The van der Waals surface area contributed by atoms with Gasteiger partial charge in [-0.1, -0.05) is 272 Å². The normalized spacial score (nSPS) is 11.5. The topological polar surface area (TPSA) is 123 Å². The van der Waals surface area contributed by atoms with Gasteiger partial charge < -0.3 is 52.5 Å². The fourth-order valence-electron chi connectivity index (χ4n) is 12.9. The first-order chi connectivity index (χ1) is 55.2. The molecular formula is C99H141F3O11. The van der Waals surface area contributed by atoms with Crippen LogP contribution >= 0.6 is 0 Å². The van der Waals surface area contributed by atoms with Crippen molar-refractivity contribution < 1.29 is 65.7 Å². The van der Waals surface area contributed by atoms with Gasteiger partial charge in [0.25, 0.3) is 0 Å². The molecule has 0 unspecified atom stereocenters. The highest BCUT2D eigenvalue weighted by molar-refractivity contribution is 5.77. The van der Waals surface area contributed by atoms with E-state index in [-0.39, 0.29) is 0 Å². The Balaban J connectivity index is 0.00000310. The van der Waals surface area contributed by atoms with Crippen molar-refractivity contribution in [2.45, 2.75) is 300 Å². The van der Waals surface area contributed by atoms with E-state index >= 15 is 0 Å². The predicted octanol–water partition coefficient (Wildman–Crippen LogP) is 28.1. The van der Waals surface area contributed by atoms with E-state index in [1.165, 1.54) is 116 Å². The van der Waals surface area contributed by atoms with Crippen LogP contribution in [0.25, 0.3) is 36.5 Å². The fraction of sp³-hybridized carbons (Fsp3) is 0.556. The second-order valence-corrected chi connectivity index (χ2v) is 29.7. The van der Waals surface area contributed by atoms with Crippen molar-refractivity contribution in [3.8, 4) is 51.7 Å². The molecule has 0 aromatic heterocycles. The molecule has 0 spiro atoms. The summed E-state index contributed by atoms with van der Waals surface area (Å²) in [6, 6.07) is 39.8. The zero-order valence-corrected chi connectivity index (χ0v) is 70.8. The molecule has 0 aliphatic rings. The molecular weight excluding hydrogens is 1420 g/mol. The number of carbonyl (C=O) groups is 1. The molecule has 6 aromatic rings. The van der Waals surface area contributed by atoms with Crippen LogP contribution in [0.3, 0.4) is 0 Å². The number of aliphatic carboxylic acids is 1. The first-order valence-corrected chi connectivity index (χ1v) is 43.9. The molecule has 0 saturated heterocycles. The average molecular weight is 1560 g/mol. The van der Waals surface area contributed by atoms with Crippen LogP contribution in [0.1, 0.15) is 344 Å². The second kappa shape index (κ2) is 59.5. The summed E-state index contributed by atoms with van der Waals surface area (Å²) in [7, 11) is 0. The van der Waals surface area contributed by atoms with Gasteiger partial charge in [-0.15, -0.1) is 0 Å². The van der Waals surface area contributed by atoms with Gasteiger partial charge in [-0.2, -0.15) is 13.2 Å². The Hall–Kier alpha value is -8.13. The van der Waals surface area contributed by atoms with E-state index in [4.69, 9.17) is 52.5 Å². The summed E-state index contributed by atoms with van der Waals surface area (Å²) in [5.74, 6) is 4.88. The molecule has 0 fully saturated rings. The first kappa shape index (κ1) is 95.5. The molecule has 0 radical (unpaired) electrons. The number of alkyl halides is 3. The molecule has 113 heavy (non-hydrogen) atoms. The molecule has 0 heterocycles. The van der Waals surface area contributed by atoms with Crippen LogP contribution in [0.2, 0.25) is 0 Å². The summed E-state index contributed by atoms with van der Waals surface area (Å²) >= 11 is 0. The van der Waals surface area contributed by atoms with E-state index in [0.717, 1.165) is 223 Å². The smallest absolute Gasteiger partial charge is 0.430 e. The van der Waals surface area contributed by atoms with Gasteiger partial charge in [0.2, 0.25) is 17.2 Å². The van der Waals surface area contributed by atoms with Gasteiger partial charge in [-0.05, 0) is 200 Å². The van der Waals surface area contributed by atoms with Crippen LogP contribution in [0.5, 0.6) is 51.7 Å². The highest BCUT2D eigenvalue weighted by Crippen LogP contribution is 2.44. The zero-order valence-electron chi connectivity index (χ0n) is 70.8. The van der Waals surface area contributed by atoms with E-state index in [1.54, 1.807) is 0 Å². The Kier molecular flexibility index (Phi) is 50.3. The van der Waals surface area contributed by atoms with Gasteiger partial charge in [0.15, 0.2) is 34.5 Å². The maximum absolute atomic E-state index is 10.5. The molecule has 0 aliphatic carbocycles. The Bertz CT molecular complexity index is 3090. The molecule has 14 heteroatoms. The molecule has 0 atom stereocenters. The van der Waals surface area contributed by atoms with Gasteiger partial charge >= 0.3 is 6.18 Å². The van der Waals surface area contributed by atoms with Crippen molar-refractivity contribution in [2.24, 2.45) is 0 Å². The van der Waals surface area contributed by atoms with Crippen molar-refractivity contribution >= 4 is 42.4 Å². The van der Waals surface area contributed by atoms with Crippen LogP contribution in [0.15, 0.2) is 109 Å². The largest absolute Gasteiger partial charge is 0.542 e. The number of halogens is 3. The number of carboxylic acids is 1. The number of hydrogen-bond donors (Lipinski definition) is 0. The average Bonchev–Trinajstić information content (AvgIpc) is 0.805. The van der Waals surface area contributed by atoms with Crippen LogP contribution in [0, 0.1) is 5.92 Å². The van der Waals surface area contributed by atoms with Gasteiger partial charge in [0.1, 0.15) is 5.97 Å². The van der Waals surface area contributed by atoms with Crippen LogP contribution in [0.4, 0.5) is 13.2 Å². The predicted molar refractivity (Wildman–Crippen MR) is 464 cm³/mol. The Morgan fingerprint density at radius 1 is 0.265 bits per heavy atom. The minimum absolute atomic E-state index is 0.635. The summed E-state index contributed by atoms with van der Waals surface area (Å²) in [4.78, 5) is 8.78. The number of ether oxygens (including phenoxy) is 9. The van der Waals surface area contributed by atoms with Gasteiger partial charge in [-0.3, -0.25) is 0 Å². The number of unbranched alkanes of at least 4 members (excludes halogenated alkanes) is 27. The lowest BCUT2D eigenvalue weighted by Gasteiger charge is -2.18. The molecule has 0 bridgehead atoms. The standard InChI is InChI=1S/C97H141O9.C2HF3O2/c1-10-19-28-37-64-98-88-73-82(74-89(99-65-38-29-20-11-2)95(88)104-70-43-34-25-16-7)49-46-79-52-58-85(59-53-79)94(86-60-54-80(55-61-86)47-50-83-75-90(100-66-39-30-21-12-3)96(105-71-44-35-26-17-8)91(76-83)101-67-40-31-22-13-4)87-62-56-81(57-63-87)48-51-84-77-92(102-68-41-32-23-14-5)97(106-72-45-36-27-18-9)93(78-84)103-69-42-33-24-15-6;3-2(4,5)1(6)7/h46-63,73-78H,10-45,64-72H2,1-9H3;(H,6,7)/q+1;/p-1/b49-46+,50-47+,51-48+;. The van der Waals surface area contributed by atoms with E-state index in [2.05, 4.69) is 208 Å². The van der Waals surface area contributed by atoms with E-state index in [1.807, 2.05) is 0 Å². The summed E-state index contributed by atoms with van der Waals surface area (Å²) in [5.41, 5.74) is 9.68. The highest BCUT2D eigenvalue weighted by atomic mass is 19.4. The maximum Gasteiger partial charge on any atom is 0.430 e. The molecule has 11 nitrogen and oxygen atoms in total. The Morgan fingerprint density at radius 2 is 0.425 bits per heavy atom. The number of hydrogen-bond acceptors (Lipinski definition) is 11. The number of carboxylic acid groups (broad SMARTS) is 1. The monoisotopic (exact) mass is 1560 g/mol. The van der Waals surface area contributed by atoms with Crippen molar-refractivity contribution in [2.75, 3.05) is 59.5 Å². The van der Waals surface area contributed by atoms with Gasteiger partial charge in [0, 0.05) is 0 Å². The Morgan fingerprint density at radius 3 is 0.584 bits per heavy atom. The SMILES string of the molecule is CCCCCCOc1cc(/C=C/c2ccc([C+](c3ccc(/C=C/c4cc(OCCCCCC)c(OCCCCCC)c(OCCCCCC)c4)cc3)c3ccc(/C=C/c4cc(OCCCCCC)c(OCCCCCC)c(OCCCCCC)c4)cc3)cc2)cc(OCCCCCC)c1OCCCCCC.O=C([O-])C(F)(F)F. The molecule has 0 N–H and O–H groups in total. The minimum Gasteiger partial charge on any atom is -0.542 e. The molecule has 6 aromatic carbocycles. The molecule has 6 rings (SSSR count). The van der Waals surface area contributed by atoms with Crippen LogP contribution in [-0.2, 0) is 4.79 Å². The van der Waals surface area contributed by atoms with E-state index in [0.29, 0.717) is 59.5 Å². The Labute approximate surface area is 680 Å². The number of rotatable bonds is 63. The van der Waals surface area contributed by atoms with Gasteiger partial charge in [0.05, 0.1) is 82.1 Å². The zero-order chi connectivity index (χ0) is 81.2. The van der Waals surface area contributed by atoms with Crippen LogP contribution in [-0.4, -0.2) is 71.6 Å². The second-order valence-electron chi connectivity index (χ2n) is 29.7. The van der Waals surface area contributed by atoms with Crippen molar-refractivity contribution in [3.63, 3.8) is 0 Å².